The zero-order chi connectivity index (χ0) is 14.5. The molecule has 1 aromatic rings. The summed E-state index contributed by atoms with van der Waals surface area (Å²) in [6.07, 6.45) is -3.57. The second kappa shape index (κ2) is 6.91. The van der Waals surface area contributed by atoms with Crippen LogP contribution in [0.2, 0.25) is 0 Å². The van der Waals surface area contributed by atoms with Gasteiger partial charge in [-0.1, -0.05) is 15.9 Å². The smallest absolute Gasteiger partial charge is 0.396 e. The Morgan fingerprint density at radius 2 is 2.00 bits per heavy atom. The molecule has 7 heteroatoms. The zero-order valence-corrected chi connectivity index (χ0v) is 11.5. The second-order valence-electron chi connectivity index (χ2n) is 3.87. The maximum Gasteiger partial charge on any atom is 0.417 e. The number of amides is 1. The van der Waals surface area contributed by atoms with Gasteiger partial charge in [-0.3, -0.25) is 4.79 Å². The highest BCUT2D eigenvalue weighted by Crippen LogP contribution is 2.33. The van der Waals surface area contributed by atoms with Crippen LogP contribution >= 0.6 is 15.9 Å². The predicted octanol–water partition coefficient (Wildman–Crippen LogP) is 2.97. The van der Waals surface area contributed by atoms with E-state index in [9.17, 15) is 18.0 Å². The number of benzene rings is 1. The fraction of sp³-hybridized carbons (Fsp3) is 0.417. The quantitative estimate of drug-likeness (QED) is 0.810. The minimum absolute atomic E-state index is 0.0119. The van der Waals surface area contributed by atoms with Gasteiger partial charge in [0.2, 0.25) is 0 Å². The van der Waals surface area contributed by atoms with E-state index in [1.807, 2.05) is 0 Å². The van der Waals surface area contributed by atoms with Gasteiger partial charge in [0.1, 0.15) is 0 Å². The lowest BCUT2D eigenvalue weighted by atomic mass is 10.1. The van der Waals surface area contributed by atoms with Crippen LogP contribution in [0.5, 0.6) is 0 Å². The number of halogens is 4. The van der Waals surface area contributed by atoms with Crippen LogP contribution in [0.3, 0.4) is 0 Å². The van der Waals surface area contributed by atoms with Crippen LogP contribution in [-0.4, -0.2) is 24.2 Å². The van der Waals surface area contributed by atoms with Crippen LogP contribution in [0, 0.1) is 0 Å². The van der Waals surface area contributed by atoms with Crippen LogP contribution in [0.1, 0.15) is 28.8 Å². The molecule has 19 heavy (non-hydrogen) atoms. The first kappa shape index (κ1) is 16.0. The maximum atomic E-state index is 12.8. The van der Waals surface area contributed by atoms with E-state index in [2.05, 4.69) is 21.2 Å². The summed E-state index contributed by atoms with van der Waals surface area (Å²) < 4.78 is 38.7. The molecule has 0 saturated carbocycles. The highest BCUT2D eigenvalue weighted by atomic mass is 79.9. The number of unbranched alkanes of at least 4 members (excludes halogenated alkanes) is 1. The van der Waals surface area contributed by atoms with Gasteiger partial charge < -0.3 is 10.4 Å². The molecule has 2 N–H and O–H groups in total. The number of carbonyl (C=O) groups excluding carboxylic acids is 1. The number of alkyl halides is 3. The summed E-state index contributed by atoms with van der Waals surface area (Å²) in [4.78, 5) is 11.7. The van der Waals surface area contributed by atoms with Gasteiger partial charge in [-0.2, -0.15) is 13.2 Å². The van der Waals surface area contributed by atoms with Crippen molar-refractivity contribution >= 4 is 21.8 Å². The van der Waals surface area contributed by atoms with Crippen molar-refractivity contribution < 1.29 is 23.1 Å². The number of carbonyl (C=O) groups is 1. The number of hydrogen-bond acceptors (Lipinski definition) is 2. The van der Waals surface area contributed by atoms with Gasteiger partial charge in [0, 0.05) is 17.6 Å². The van der Waals surface area contributed by atoms with E-state index in [1.165, 1.54) is 6.07 Å². The normalized spacial score (nSPS) is 11.4. The van der Waals surface area contributed by atoms with Crippen molar-refractivity contribution in [3.8, 4) is 0 Å². The summed E-state index contributed by atoms with van der Waals surface area (Å²) in [6, 6.07) is 3.40. The zero-order valence-electron chi connectivity index (χ0n) is 9.93. The fourth-order valence-electron chi connectivity index (χ4n) is 1.48. The van der Waals surface area contributed by atoms with E-state index < -0.39 is 23.2 Å². The van der Waals surface area contributed by atoms with Crippen molar-refractivity contribution in [2.45, 2.75) is 19.0 Å². The second-order valence-corrected chi connectivity index (χ2v) is 4.79. The van der Waals surface area contributed by atoms with E-state index >= 15 is 0 Å². The molecular weight excluding hydrogens is 327 g/mol. The van der Waals surface area contributed by atoms with Crippen molar-refractivity contribution in [3.05, 3.63) is 33.8 Å². The average molecular weight is 340 g/mol. The lowest BCUT2D eigenvalue weighted by Crippen LogP contribution is -2.27. The van der Waals surface area contributed by atoms with Crippen LogP contribution in [0.15, 0.2) is 22.7 Å². The Morgan fingerprint density at radius 3 is 2.58 bits per heavy atom. The van der Waals surface area contributed by atoms with Crippen LogP contribution in [0.25, 0.3) is 0 Å². The van der Waals surface area contributed by atoms with E-state index in [0.29, 0.717) is 12.8 Å². The minimum Gasteiger partial charge on any atom is -0.396 e. The van der Waals surface area contributed by atoms with Gasteiger partial charge in [0.05, 0.1) is 11.1 Å². The first-order valence-electron chi connectivity index (χ1n) is 5.62. The Balaban J connectivity index is 2.85. The average Bonchev–Trinajstić information content (AvgIpc) is 2.33. The molecule has 1 rings (SSSR count). The van der Waals surface area contributed by atoms with Crippen molar-refractivity contribution in [1.82, 2.24) is 5.32 Å². The van der Waals surface area contributed by atoms with Crippen molar-refractivity contribution in [2.75, 3.05) is 13.2 Å². The number of rotatable bonds is 5. The number of hydrogen-bond donors (Lipinski definition) is 2. The van der Waals surface area contributed by atoms with Gasteiger partial charge in [0.25, 0.3) is 5.91 Å². The third-order valence-corrected chi connectivity index (χ3v) is 2.90. The van der Waals surface area contributed by atoms with Crippen molar-refractivity contribution in [3.63, 3.8) is 0 Å². The third kappa shape index (κ3) is 4.83. The summed E-state index contributed by atoms with van der Waals surface area (Å²) in [5.41, 5.74) is -1.37. The summed E-state index contributed by atoms with van der Waals surface area (Å²) in [5, 5.41) is 11.0. The highest BCUT2D eigenvalue weighted by molar-refractivity contribution is 9.10. The van der Waals surface area contributed by atoms with E-state index in [1.54, 1.807) is 0 Å². The molecule has 106 valence electrons. The molecule has 0 aromatic heterocycles. The molecule has 3 nitrogen and oxygen atoms in total. The van der Waals surface area contributed by atoms with Crippen LogP contribution < -0.4 is 5.32 Å². The summed E-state index contributed by atoms with van der Waals surface area (Å²) >= 11 is 2.95. The van der Waals surface area contributed by atoms with Gasteiger partial charge in [-0.05, 0) is 31.0 Å². The summed E-state index contributed by atoms with van der Waals surface area (Å²) in [5.74, 6) is -0.766. The highest BCUT2D eigenvalue weighted by Gasteiger charge is 2.35. The van der Waals surface area contributed by atoms with Crippen LogP contribution in [-0.2, 0) is 6.18 Å². The van der Waals surface area contributed by atoms with Crippen molar-refractivity contribution in [2.24, 2.45) is 0 Å². The predicted molar refractivity (Wildman–Crippen MR) is 67.8 cm³/mol. The number of aliphatic hydroxyl groups excluding tert-OH is 1. The summed E-state index contributed by atoms with van der Waals surface area (Å²) in [6.45, 7) is 0.217. The molecule has 0 aliphatic heterocycles. The number of aliphatic hydroxyl groups is 1. The summed E-state index contributed by atoms with van der Waals surface area (Å²) in [7, 11) is 0. The molecule has 0 unspecified atom stereocenters. The Morgan fingerprint density at radius 1 is 1.32 bits per heavy atom. The van der Waals surface area contributed by atoms with Gasteiger partial charge >= 0.3 is 6.18 Å². The maximum absolute atomic E-state index is 12.8. The molecule has 0 fully saturated rings. The Kier molecular flexibility index (Phi) is 5.81. The molecule has 0 aliphatic carbocycles. The number of nitrogens with one attached hydrogen (secondary N) is 1. The first-order chi connectivity index (χ1) is 8.86. The van der Waals surface area contributed by atoms with E-state index in [0.717, 1.165) is 12.1 Å². The molecular formula is C12H13BrF3NO2. The molecule has 1 amide bonds. The molecule has 1 aromatic carbocycles. The molecule has 0 spiro atoms. The Labute approximate surface area is 116 Å². The Bertz CT molecular complexity index is 449. The molecule has 0 atom stereocenters. The van der Waals surface area contributed by atoms with E-state index in [-0.39, 0.29) is 17.6 Å². The van der Waals surface area contributed by atoms with E-state index in [4.69, 9.17) is 5.11 Å². The standard InChI is InChI=1S/C12H13BrF3NO2/c13-8-3-4-9(10(7-8)12(14,15)16)11(19)17-5-1-2-6-18/h3-4,7,18H,1-2,5-6H2,(H,17,19). The lowest BCUT2D eigenvalue weighted by Gasteiger charge is -2.13. The van der Waals surface area contributed by atoms with Crippen molar-refractivity contribution in [1.29, 1.82) is 0 Å². The van der Waals surface area contributed by atoms with Gasteiger partial charge in [0.15, 0.2) is 0 Å². The molecule has 0 bridgehead atoms. The third-order valence-electron chi connectivity index (χ3n) is 2.40. The van der Waals surface area contributed by atoms with Gasteiger partial charge in [-0.25, -0.2) is 0 Å². The minimum atomic E-state index is -4.58. The topological polar surface area (TPSA) is 49.3 Å². The lowest BCUT2D eigenvalue weighted by molar-refractivity contribution is -0.138. The first-order valence-corrected chi connectivity index (χ1v) is 6.41. The molecule has 0 saturated heterocycles. The largest absolute Gasteiger partial charge is 0.417 e. The fourth-order valence-corrected chi connectivity index (χ4v) is 1.84. The SMILES string of the molecule is O=C(NCCCCO)c1ccc(Br)cc1C(F)(F)F. The van der Waals surface area contributed by atoms with Gasteiger partial charge in [-0.15, -0.1) is 0 Å². The monoisotopic (exact) mass is 339 g/mol. The molecule has 0 aliphatic rings. The van der Waals surface area contributed by atoms with Crippen LogP contribution in [0.4, 0.5) is 13.2 Å². The Hall–Kier alpha value is -1.08. The molecule has 0 heterocycles. The molecule has 0 radical (unpaired) electrons.